The van der Waals surface area contributed by atoms with E-state index in [1.54, 1.807) is 0 Å². The Morgan fingerprint density at radius 3 is 2.65 bits per heavy atom. The number of aromatic nitrogens is 1. The largest absolute Gasteiger partial charge is 0.474 e. The summed E-state index contributed by atoms with van der Waals surface area (Å²) in [5, 5.41) is 3.54. The van der Waals surface area contributed by atoms with Crippen molar-refractivity contribution >= 4 is 0 Å². The molecule has 1 N–H and O–H groups in total. The first-order chi connectivity index (χ1) is 9.32. The molecule has 3 nitrogen and oxygen atoms in total. The molecule has 1 saturated carbocycles. The predicted octanol–water partition coefficient (Wildman–Crippen LogP) is 3.58. The molecule has 0 bridgehead atoms. The summed E-state index contributed by atoms with van der Waals surface area (Å²) >= 11 is 0. The van der Waals surface area contributed by atoms with Gasteiger partial charge in [-0.05, 0) is 36.3 Å². The lowest BCUT2D eigenvalue weighted by atomic mass is 9.88. The summed E-state index contributed by atoms with van der Waals surface area (Å²) in [6.07, 6.45) is 5.41. The van der Waals surface area contributed by atoms with E-state index in [1.807, 2.05) is 6.20 Å². The van der Waals surface area contributed by atoms with Gasteiger partial charge in [-0.2, -0.15) is 0 Å². The molecule has 1 fully saturated rings. The molecule has 3 heteroatoms. The average Bonchev–Trinajstić information content (AvgIpc) is 2.23. The second-order valence-corrected chi connectivity index (χ2v) is 7.47. The Hall–Kier alpha value is -1.09. The van der Waals surface area contributed by atoms with Crippen molar-refractivity contribution in [2.45, 2.75) is 72.1 Å². The maximum absolute atomic E-state index is 5.97. The number of ether oxygens (including phenoxy) is 1. The topological polar surface area (TPSA) is 34.1 Å². The normalized spacial score (nSPS) is 22.7. The fraction of sp³-hybridized carbons (Fsp3) is 0.706. The van der Waals surface area contributed by atoms with Crippen LogP contribution in [0.2, 0.25) is 0 Å². The van der Waals surface area contributed by atoms with Crippen LogP contribution < -0.4 is 10.1 Å². The second kappa shape index (κ2) is 6.13. The molecule has 0 spiro atoms. The van der Waals surface area contributed by atoms with E-state index in [4.69, 9.17) is 4.74 Å². The molecule has 0 aliphatic heterocycles. The van der Waals surface area contributed by atoms with Gasteiger partial charge in [-0.1, -0.05) is 34.6 Å². The highest BCUT2D eigenvalue weighted by molar-refractivity contribution is 5.22. The van der Waals surface area contributed by atoms with Gasteiger partial charge in [0.1, 0.15) is 6.10 Å². The van der Waals surface area contributed by atoms with E-state index in [9.17, 15) is 0 Å². The smallest absolute Gasteiger partial charge is 0.213 e. The molecule has 1 aliphatic carbocycles. The van der Waals surface area contributed by atoms with E-state index >= 15 is 0 Å². The second-order valence-electron chi connectivity index (χ2n) is 7.47. The molecule has 0 aromatic carbocycles. The minimum atomic E-state index is 0.293. The summed E-state index contributed by atoms with van der Waals surface area (Å²) in [7, 11) is 0. The van der Waals surface area contributed by atoms with E-state index in [2.05, 4.69) is 57.1 Å². The van der Waals surface area contributed by atoms with Crippen LogP contribution in [0.4, 0.5) is 0 Å². The molecule has 20 heavy (non-hydrogen) atoms. The Kier molecular flexibility index (Phi) is 4.69. The monoisotopic (exact) mass is 276 g/mol. The Bertz CT molecular complexity index is 431. The minimum absolute atomic E-state index is 0.293. The summed E-state index contributed by atoms with van der Waals surface area (Å²) < 4.78 is 5.97. The van der Waals surface area contributed by atoms with E-state index < -0.39 is 0 Å². The average molecular weight is 276 g/mol. The number of nitrogens with zero attached hydrogens (tertiary/aromatic N) is 1. The van der Waals surface area contributed by atoms with Crippen molar-refractivity contribution in [1.29, 1.82) is 0 Å². The van der Waals surface area contributed by atoms with Crippen LogP contribution >= 0.6 is 0 Å². The minimum Gasteiger partial charge on any atom is -0.474 e. The van der Waals surface area contributed by atoms with Crippen LogP contribution in [0.3, 0.4) is 0 Å². The summed E-state index contributed by atoms with van der Waals surface area (Å²) in [6.45, 7) is 11.1. The highest BCUT2D eigenvalue weighted by Crippen LogP contribution is 2.27. The summed E-state index contributed by atoms with van der Waals surface area (Å²) in [5.74, 6) is 0.778. The van der Waals surface area contributed by atoms with Crippen LogP contribution in [0.25, 0.3) is 0 Å². The van der Waals surface area contributed by atoms with Crippen LogP contribution in [-0.4, -0.2) is 23.2 Å². The zero-order valence-corrected chi connectivity index (χ0v) is 13.4. The SMILES string of the molecule is CC(C)NC1CC(Oc2cc(CC(C)(C)C)ccn2)C1. The number of nitrogens with one attached hydrogen (secondary N) is 1. The maximum Gasteiger partial charge on any atom is 0.213 e. The molecule has 0 unspecified atom stereocenters. The van der Waals surface area contributed by atoms with Gasteiger partial charge in [0, 0.05) is 24.3 Å². The van der Waals surface area contributed by atoms with Gasteiger partial charge in [0.2, 0.25) is 5.88 Å². The molecular weight excluding hydrogens is 248 g/mol. The van der Waals surface area contributed by atoms with Gasteiger partial charge >= 0.3 is 0 Å². The van der Waals surface area contributed by atoms with E-state index in [1.165, 1.54) is 5.56 Å². The Labute approximate surface area is 123 Å². The van der Waals surface area contributed by atoms with Crippen LogP contribution in [0.15, 0.2) is 18.3 Å². The molecule has 0 amide bonds. The fourth-order valence-corrected chi connectivity index (χ4v) is 2.68. The number of hydrogen-bond acceptors (Lipinski definition) is 3. The molecule has 1 heterocycles. The molecule has 0 saturated heterocycles. The first kappa shape index (κ1) is 15.3. The van der Waals surface area contributed by atoms with Crippen molar-refractivity contribution in [2.24, 2.45) is 5.41 Å². The highest BCUT2D eigenvalue weighted by atomic mass is 16.5. The quantitative estimate of drug-likeness (QED) is 0.892. The van der Waals surface area contributed by atoms with Gasteiger partial charge in [0.15, 0.2) is 0 Å². The molecule has 0 radical (unpaired) electrons. The summed E-state index contributed by atoms with van der Waals surface area (Å²) in [4.78, 5) is 4.33. The molecule has 1 aliphatic rings. The van der Waals surface area contributed by atoms with Gasteiger partial charge < -0.3 is 10.1 Å². The third kappa shape index (κ3) is 4.78. The molecule has 2 rings (SSSR count). The Balaban J connectivity index is 1.84. The van der Waals surface area contributed by atoms with E-state index in [0.717, 1.165) is 25.1 Å². The van der Waals surface area contributed by atoms with Crippen molar-refractivity contribution in [3.63, 3.8) is 0 Å². The maximum atomic E-state index is 5.97. The van der Waals surface area contributed by atoms with Crippen LogP contribution in [0.1, 0.15) is 53.0 Å². The number of rotatable bonds is 5. The lowest BCUT2D eigenvalue weighted by molar-refractivity contribution is 0.0771. The molecular formula is C17H28N2O. The van der Waals surface area contributed by atoms with Crippen LogP contribution in [0.5, 0.6) is 5.88 Å². The van der Waals surface area contributed by atoms with E-state index in [0.29, 0.717) is 23.6 Å². The van der Waals surface area contributed by atoms with Crippen molar-refractivity contribution in [1.82, 2.24) is 10.3 Å². The zero-order chi connectivity index (χ0) is 14.8. The standard InChI is InChI=1S/C17H28N2O/c1-12(2)19-14-9-15(10-14)20-16-8-13(6-7-18-16)11-17(3,4)5/h6-8,12,14-15,19H,9-11H2,1-5H3. The summed E-state index contributed by atoms with van der Waals surface area (Å²) in [5.41, 5.74) is 1.60. The van der Waals surface area contributed by atoms with Gasteiger partial charge in [-0.15, -0.1) is 0 Å². The molecule has 112 valence electrons. The lowest BCUT2D eigenvalue weighted by Crippen LogP contribution is -2.49. The van der Waals surface area contributed by atoms with Gasteiger partial charge in [-0.3, -0.25) is 0 Å². The highest BCUT2D eigenvalue weighted by Gasteiger charge is 2.31. The third-order valence-corrected chi connectivity index (χ3v) is 3.48. The van der Waals surface area contributed by atoms with Crippen LogP contribution in [0, 0.1) is 5.41 Å². The van der Waals surface area contributed by atoms with Gasteiger partial charge in [0.05, 0.1) is 0 Å². The van der Waals surface area contributed by atoms with Crippen molar-refractivity contribution in [3.05, 3.63) is 23.9 Å². The van der Waals surface area contributed by atoms with Gasteiger partial charge in [0.25, 0.3) is 0 Å². The van der Waals surface area contributed by atoms with Crippen molar-refractivity contribution in [2.75, 3.05) is 0 Å². The predicted molar refractivity (Wildman–Crippen MR) is 83.1 cm³/mol. The fourth-order valence-electron chi connectivity index (χ4n) is 2.68. The lowest BCUT2D eigenvalue weighted by Gasteiger charge is -2.36. The van der Waals surface area contributed by atoms with E-state index in [-0.39, 0.29) is 0 Å². The Morgan fingerprint density at radius 2 is 2.05 bits per heavy atom. The first-order valence-corrected chi connectivity index (χ1v) is 7.69. The van der Waals surface area contributed by atoms with Crippen LogP contribution in [-0.2, 0) is 6.42 Å². The summed E-state index contributed by atoms with van der Waals surface area (Å²) in [6, 6.07) is 5.34. The number of hydrogen-bond donors (Lipinski definition) is 1. The molecule has 0 atom stereocenters. The third-order valence-electron chi connectivity index (χ3n) is 3.48. The zero-order valence-electron chi connectivity index (χ0n) is 13.4. The molecule has 1 aromatic heterocycles. The first-order valence-electron chi connectivity index (χ1n) is 7.69. The van der Waals surface area contributed by atoms with Crippen molar-refractivity contribution in [3.8, 4) is 5.88 Å². The number of pyridine rings is 1. The Morgan fingerprint density at radius 1 is 1.35 bits per heavy atom. The van der Waals surface area contributed by atoms with Gasteiger partial charge in [-0.25, -0.2) is 4.98 Å². The van der Waals surface area contributed by atoms with Crippen molar-refractivity contribution < 1.29 is 4.74 Å². The molecule has 1 aromatic rings.